The van der Waals surface area contributed by atoms with Crippen LogP contribution in [0.3, 0.4) is 0 Å². The summed E-state index contributed by atoms with van der Waals surface area (Å²) in [6.07, 6.45) is -1.22. The van der Waals surface area contributed by atoms with Crippen molar-refractivity contribution in [3.8, 4) is 45.3 Å². The van der Waals surface area contributed by atoms with Crippen LogP contribution >= 0.6 is 0 Å². The molecular formula is C44H42O8. The SMILES string of the molecule is C=C(C)C(=O)OC(CCOc1ccc(OCCC(OC(=O)C(=C)C)Oc2ccc(-c3ccccc3)cc2)cc1)Oc1ccc(-c2ccccc2)cc1. The van der Waals surface area contributed by atoms with Gasteiger partial charge in [0.05, 0.1) is 26.1 Å². The first kappa shape index (κ1) is 37.0. The van der Waals surface area contributed by atoms with Gasteiger partial charge >= 0.3 is 11.9 Å². The quantitative estimate of drug-likeness (QED) is 0.0508. The second kappa shape index (κ2) is 18.6. The normalized spacial score (nSPS) is 11.7. The molecule has 0 bridgehead atoms. The topological polar surface area (TPSA) is 89.5 Å². The van der Waals surface area contributed by atoms with Gasteiger partial charge in [-0.1, -0.05) is 98.1 Å². The van der Waals surface area contributed by atoms with E-state index in [2.05, 4.69) is 13.2 Å². The minimum absolute atomic E-state index is 0.218. The number of carbonyl (C=O) groups is 2. The molecule has 0 aromatic heterocycles. The fourth-order valence-corrected chi connectivity index (χ4v) is 4.92. The molecule has 0 saturated heterocycles. The Kier molecular flexibility index (Phi) is 13.3. The van der Waals surface area contributed by atoms with Crippen molar-refractivity contribution in [1.29, 1.82) is 0 Å². The summed E-state index contributed by atoms with van der Waals surface area (Å²) in [5.41, 5.74) is 4.81. The lowest BCUT2D eigenvalue weighted by Crippen LogP contribution is -2.27. The Bertz CT molecular complexity index is 1760. The third-order valence-electron chi connectivity index (χ3n) is 7.70. The van der Waals surface area contributed by atoms with Crippen molar-refractivity contribution in [3.05, 3.63) is 158 Å². The van der Waals surface area contributed by atoms with Gasteiger partial charge in [-0.25, -0.2) is 9.59 Å². The van der Waals surface area contributed by atoms with E-state index >= 15 is 0 Å². The Balaban J connectivity index is 1.11. The zero-order valence-electron chi connectivity index (χ0n) is 29.4. The molecule has 0 saturated carbocycles. The predicted octanol–water partition coefficient (Wildman–Crippen LogP) is 9.61. The molecule has 0 aliphatic rings. The minimum Gasteiger partial charge on any atom is -0.493 e. The fraction of sp³-hybridized carbons (Fsp3) is 0.182. The van der Waals surface area contributed by atoms with Crippen molar-refractivity contribution >= 4 is 11.9 Å². The highest BCUT2D eigenvalue weighted by Crippen LogP contribution is 2.26. The van der Waals surface area contributed by atoms with E-state index in [-0.39, 0.29) is 37.2 Å². The third-order valence-corrected chi connectivity index (χ3v) is 7.70. The van der Waals surface area contributed by atoms with Crippen molar-refractivity contribution in [2.24, 2.45) is 0 Å². The van der Waals surface area contributed by atoms with Gasteiger partial charge in [-0.05, 0) is 84.6 Å². The van der Waals surface area contributed by atoms with Crippen LogP contribution in [0.15, 0.2) is 158 Å². The molecule has 0 spiro atoms. The van der Waals surface area contributed by atoms with E-state index in [1.165, 1.54) is 0 Å². The molecule has 0 aliphatic carbocycles. The number of esters is 2. The van der Waals surface area contributed by atoms with Gasteiger partial charge in [-0.3, -0.25) is 0 Å². The van der Waals surface area contributed by atoms with Crippen molar-refractivity contribution in [1.82, 2.24) is 0 Å². The van der Waals surface area contributed by atoms with Gasteiger partial charge in [-0.15, -0.1) is 0 Å². The number of benzene rings is 5. The van der Waals surface area contributed by atoms with Gasteiger partial charge in [0.1, 0.15) is 23.0 Å². The average molecular weight is 699 g/mol. The van der Waals surface area contributed by atoms with Crippen LogP contribution in [0, 0.1) is 0 Å². The molecule has 8 nitrogen and oxygen atoms in total. The van der Waals surface area contributed by atoms with Crippen LogP contribution in [-0.4, -0.2) is 37.7 Å². The van der Waals surface area contributed by atoms with Crippen molar-refractivity contribution < 1.29 is 38.0 Å². The van der Waals surface area contributed by atoms with Crippen LogP contribution in [0.1, 0.15) is 26.7 Å². The number of rotatable bonds is 18. The number of carbonyl (C=O) groups excluding carboxylic acids is 2. The summed E-state index contributed by atoms with van der Waals surface area (Å²) < 4.78 is 35.0. The first-order valence-corrected chi connectivity index (χ1v) is 17.0. The monoisotopic (exact) mass is 698 g/mol. The number of hydrogen-bond acceptors (Lipinski definition) is 8. The Morgan fingerprint density at radius 2 is 0.769 bits per heavy atom. The third kappa shape index (κ3) is 11.4. The van der Waals surface area contributed by atoms with E-state index in [4.69, 9.17) is 28.4 Å². The van der Waals surface area contributed by atoms with Crippen molar-refractivity contribution in [2.45, 2.75) is 39.3 Å². The Hall–Kier alpha value is -6.28. The standard InChI is InChI=1S/C44H42O8/c1-31(2)43(45)51-41(49-39-19-15-35(16-20-39)33-11-7-5-8-12-33)27-29-47-37-23-25-38(26-24-37)48-30-28-42(52-44(46)32(3)4)50-40-21-17-36(18-22-40)34-13-9-6-10-14-34/h5-26,41-42H,1,3,27-30H2,2,4H3. The molecule has 5 aromatic rings. The van der Waals surface area contributed by atoms with Gasteiger partial charge in [0.25, 0.3) is 0 Å². The molecule has 2 atom stereocenters. The van der Waals surface area contributed by atoms with Crippen LogP contribution in [-0.2, 0) is 19.1 Å². The summed E-state index contributed by atoms with van der Waals surface area (Å²) in [6, 6.07) is 42.3. The molecule has 0 heterocycles. The van der Waals surface area contributed by atoms with Crippen LogP contribution in [0.5, 0.6) is 23.0 Å². The average Bonchev–Trinajstić information content (AvgIpc) is 3.16. The number of hydrogen-bond donors (Lipinski definition) is 0. The highest BCUT2D eigenvalue weighted by Gasteiger charge is 2.19. The minimum atomic E-state index is -0.884. The maximum atomic E-state index is 12.3. The molecule has 8 heteroatoms. The van der Waals surface area contributed by atoms with Gasteiger partial charge in [-0.2, -0.15) is 0 Å². The van der Waals surface area contributed by atoms with Crippen molar-refractivity contribution in [2.75, 3.05) is 13.2 Å². The van der Waals surface area contributed by atoms with E-state index in [0.717, 1.165) is 22.3 Å². The first-order chi connectivity index (χ1) is 25.2. The Labute approximate surface area is 304 Å². The second-order valence-electron chi connectivity index (χ2n) is 12.0. The molecule has 5 aromatic carbocycles. The summed E-state index contributed by atoms with van der Waals surface area (Å²) in [4.78, 5) is 24.6. The molecule has 0 aliphatic heterocycles. The molecule has 52 heavy (non-hydrogen) atoms. The summed E-state index contributed by atoms with van der Waals surface area (Å²) in [7, 11) is 0. The van der Waals surface area contributed by atoms with Gasteiger partial charge in [0, 0.05) is 11.1 Å². The lowest BCUT2D eigenvalue weighted by molar-refractivity contribution is -0.161. The van der Waals surface area contributed by atoms with Gasteiger partial charge < -0.3 is 28.4 Å². The molecule has 266 valence electrons. The van der Waals surface area contributed by atoms with Crippen LogP contribution < -0.4 is 18.9 Å². The van der Waals surface area contributed by atoms with E-state index < -0.39 is 24.5 Å². The zero-order chi connectivity index (χ0) is 36.7. The smallest absolute Gasteiger partial charge is 0.336 e. The maximum absolute atomic E-state index is 12.3. The van der Waals surface area contributed by atoms with Crippen LogP contribution in [0.2, 0.25) is 0 Å². The zero-order valence-corrected chi connectivity index (χ0v) is 29.4. The molecular weight excluding hydrogens is 656 g/mol. The molecule has 0 fully saturated rings. The van der Waals surface area contributed by atoms with Crippen LogP contribution in [0.4, 0.5) is 0 Å². The lowest BCUT2D eigenvalue weighted by Gasteiger charge is -2.20. The van der Waals surface area contributed by atoms with Gasteiger partial charge in [0.15, 0.2) is 0 Å². The van der Waals surface area contributed by atoms with E-state index in [1.807, 2.05) is 109 Å². The van der Waals surface area contributed by atoms with Crippen molar-refractivity contribution in [3.63, 3.8) is 0 Å². The predicted molar refractivity (Wildman–Crippen MR) is 201 cm³/mol. The first-order valence-electron chi connectivity index (χ1n) is 17.0. The van der Waals surface area contributed by atoms with E-state index in [1.54, 1.807) is 38.1 Å². The summed E-state index contributed by atoms with van der Waals surface area (Å²) >= 11 is 0. The summed E-state index contributed by atoms with van der Waals surface area (Å²) in [5, 5.41) is 0. The molecule has 0 radical (unpaired) electrons. The number of ether oxygens (including phenoxy) is 6. The molecule has 5 rings (SSSR count). The lowest BCUT2D eigenvalue weighted by atomic mass is 10.1. The summed E-state index contributed by atoms with van der Waals surface area (Å²) in [6.45, 7) is 10.9. The largest absolute Gasteiger partial charge is 0.493 e. The summed E-state index contributed by atoms with van der Waals surface area (Å²) in [5.74, 6) is 1.22. The maximum Gasteiger partial charge on any atom is 0.336 e. The Morgan fingerprint density at radius 1 is 0.462 bits per heavy atom. The van der Waals surface area contributed by atoms with Crippen LogP contribution in [0.25, 0.3) is 22.3 Å². The van der Waals surface area contributed by atoms with Gasteiger partial charge in [0.2, 0.25) is 12.6 Å². The highest BCUT2D eigenvalue weighted by atomic mass is 16.7. The highest BCUT2D eigenvalue weighted by molar-refractivity contribution is 5.87. The van der Waals surface area contributed by atoms with E-state index in [0.29, 0.717) is 23.0 Å². The fourth-order valence-electron chi connectivity index (χ4n) is 4.92. The Morgan fingerprint density at radius 3 is 1.10 bits per heavy atom. The molecule has 0 N–H and O–H groups in total. The molecule has 2 unspecified atom stereocenters. The van der Waals surface area contributed by atoms with E-state index in [9.17, 15) is 9.59 Å². The molecule has 0 amide bonds. The second-order valence-corrected chi connectivity index (χ2v) is 12.0.